The number of aryl methyl sites for hydroxylation is 1. The van der Waals surface area contributed by atoms with Crippen molar-refractivity contribution in [3.8, 4) is 5.75 Å². The third kappa shape index (κ3) is 4.11. The maximum absolute atomic E-state index is 12.1. The minimum absolute atomic E-state index is 0. The molecule has 0 bridgehead atoms. The lowest BCUT2D eigenvalue weighted by Crippen LogP contribution is -2.42. The zero-order chi connectivity index (χ0) is 13.0. The summed E-state index contributed by atoms with van der Waals surface area (Å²) in [7, 11) is 1.62. The van der Waals surface area contributed by atoms with Crippen LogP contribution in [0.25, 0.3) is 0 Å². The van der Waals surface area contributed by atoms with E-state index in [2.05, 4.69) is 10.6 Å². The van der Waals surface area contributed by atoms with E-state index in [0.29, 0.717) is 5.56 Å². The molecule has 106 valence electrons. The molecule has 0 aliphatic carbocycles. The third-order valence-electron chi connectivity index (χ3n) is 3.34. The maximum atomic E-state index is 12.1. The zero-order valence-electron chi connectivity index (χ0n) is 11.4. The number of amides is 1. The molecule has 0 radical (unpaired) electrons. The summed E-state index contributed by atoms with van der Waals surface area (Å²) in [6.45, 7) is 3.91. The Kier molecular flexibility index (Phi) is 6.12. The number of rotatable bonds is 3. The van der Waals surface area contributed by atoms with Gasteiger partial charge in [-0.25, -0.2) is 0 Å². The molecule has 1 aliphatic rings. The number of methoxy groups -OCH3 is 1. The summed E-state index contributed by atoms with van der Waals surface area (Å²) < 4.78 is 5.24. The Morgan fingerprint density at radius 2 is 2.05 bits per heavy atom. The average Bonchev–Trinajstić information content (AvgIpc) is 2.40. The Hall–Kier alpha value is -1.26. The fourth-order valence-corrected chi connectivity index (χ4v) is 2.20. The van der Waals surface area contributed by atoms with E-state index in [9.17, 15) is 4.79 Å². The van der Waals surface area contributed by atoms with Gasteiger partial charge in [0.25, 0.3) is 5.91 Å². The molecule has 0 saturated carbocycles. The normalized spacial score (nSPS) is 15.5. The van der Waals surface area contributed by atoms with Gasteiger partial charge in [-0.3, -0.25) is 4.79 Å². The van der Waals surface area contributed by atoms with Crippen LogP contribution in [0.3, 0.4) is 0 Å². The first kappa shape index (κ1) is 15.8. The Bertz CT molecular complexity index is 431. The smallest absolute Gasteiger partial charge is 0.251 e. The van der Waals surface area contributed by atoms with Gasteiger partial charge in [0.1, 0.15) is 5.75 Å². The summed E-state index contributed by atoms with van der Waals surface area (Å²) >= 11 is 0. The highest BCUT2D eigenvalue weighted by molar-refractivity contribution is 5.94. The number of nitrogens with one attached hydrogen (secondary N) is 2. The second-order valence-corrected chi connectivity index (χ2v) is 4.68. The fourth-order valence-electron chi connectivity index (χ4n) is 2.20. The van der Waals surface area contributed by atoms with Gasteiger partial charge in [0.15, 0.2) is 0 Å². The van der Waals surface area contributed by atoms with Gasteiger partial charge in [-0.05, 0) is 50.6 Å². The minimum Gasteiger partial charge on any atom is -0.496 e. The van der Waals surface area contributed by atoms with Gasteiger partial charge in [-0.1, -0.05) is 6.07 Å². The highest BCUT2D eigenvalue weighted by Gasteiger charge is 2.16. The standard InChI is InChI=1S/C14H20N2O2.ClH/c1-10-3-4-11(9-13(10)18-2)14(17)16-12-5-7-15-8-6-12;/h3-4,9,12,15H,5-8H2,1-2H3,(H,16,17);1H. The molecule has 1 saturated heterocycles. The van der Waals surface area contributed by atoms with E-state index in [1.165, 1.54) is 0 Å². The second kappa shape index (κ2) is 7.36. The summed E-state index contributed by atoms with van der Waals surface area (Å²) in [5.41, 5.74) is 1.70. The monoisotopic (exact) mass is 284 g/mol. The average molecular weight is 285 g/mol. The van der Waals surface area contributed by atoms with Crippen molar-refractivity contribution in [1.82, 2.24) is 10.6 Å². The van der Waals surface area contributed by atoms with E-state index in [1.54, 1.807) is 13.2 Å². The molecular weight excluding hydrogens is 264 g/mol. The van der Waals surface area contributed by atoms with Crippen LogP contribution in [0.1, 0.15) is 28.8 Å². The van der Waals surface area contributed by atoms with Gasteiger partial charge in [0, 0.05) is 11.6 Å². The van der Waals surface area contributed by atoms with Gasteiger partial charge in [-0.2, -0.15) is 0 Å². The number of carbonyl (C=O) groups is 1. The van der Waals surface area contributed by atoms with Crippen molar-refractivity contribution in [2.75, 3.05) is 20.2 Å². The number of ether oxygens (including phenoxy) is 1. The highest BCUT2D eigenvalue weighted by atomic mass is 35.5. The summed E-state index contributed by atoms with van der Waals surface area (Å²) in [6.07, 6.45) is 1.99. The first-order valence-corrected chi connectivity index (χ1v) is 6.37. The number of hydrogen-bond acceptors (Lipinski definition) is 3. The number of piperidine rings is 1. The van der Waals surface area contributed by atoms with Crippen LogP contribution in [0.15, 0.2) is 18.2 Å². The van der Waals surface area contributed by atoms with Crippen LogP contribution >= 0.6 is 12.4 Å². The lowest BCUT2D eigenvalue weighted by atomic mass is 10.1. The van der Waals surface area contributed by atoms with Crippen molar-refractivity contribution < 1.29 is 9.53 Å². The molecule has 1 aliphatic heterocycles. The first-order valence-electron chi connectivity index (χ1n) is 6.37. The van der Waals surface area contributed by atoms with E-state index in [1.807, 2.05) is 19.1 Å². The Labute approximate surface area is 120 Å². The number of benzene rings is 1. The maximum Gasteiger partial charge on any atom is 0.251 e. The fraction of sp³-hybridized carbons (Fsp3) is 0.500. The van der Waals surface area contributed by atoms with Crippen molar-refractivity contribution in [3.05, 3.63) is 29.3 Å². The van der Waals surface area contributed by atoms with Crippen LogP contribution in [-0.4, -0.2) is 32.1 Å². The summed E-state index contributed by atoms with van der Waals surface area (Å²) in [5.74, 6) is 0.744. The van der Waals surface area contributed by atoms with Gasteiger partial charge in [0.05, 0.1) is 7.11 Å². The molecule has 1 aromatic carbocycles. The largest absolute Gasteiger partial charge is 0.496 e. The topological polar surface area (TPSA) is 50.4 Å². The summed E-state index contributed by atoms with van der Waals surface area (Å²) in [5, 5.41) is 6.35. The third-order valence-corrected chi connectivity index (χ3v) is 3.34. The van der Waals surface area contributed by atoms with E-state index >= 15 is 0 Å². The molecule has 4 nitrogen and oxygen atoms in total. The van der Waals surface area contributed by atoms with Gasteiger partial charge in [0.2, 0.25) is 0 Å². The summed E-state index contributed by atoms with van der Waals surface area (Å²) in [4.78, 5) is 12.1. The highest BCUT2D eigenvalue weighted by Crippen LogP contribution is 2.19. The predicted molar refractivity (Wildman–Crippen MR) is 78.3 cm³/mol. The molecule has 1 heterocycles. The molecule has 0 unspecified atom stereocenters. The minimum atomic E-state index is -0.0137. The van der Waals surface area contributed by atoms with Crippen LogP contribution < -0.4 is 15.4 Å². The molecule has 5 heteroatoms. The van der Waals surface area contributed by atoms with Gasteiger partial charge in [-0.15, -0.1) is 12.4 Å². The molecule has 1 fully saturated rings. The van der Waals surface area contributed by atoms with Crippen LogP contribution in [0.5, 0.6) is 5.75 Å². The first-order chi connectivity index (χ1) is 8.70. The van der Waals surface area contributed by atoms with Crippen LogP contribution in [0, 0.1) is 6.92 Å². The second-order valence-electron chi connectivity index (χ2n) is 4.68. The van der Waals surface area contributed by atoms with Crippen molar-refractivity contribution in [2.24, 2.45) is 0 Å². The van der Waals surface area contributed by atoms with Crippen molar-refractivity contribution in [1.29, 1.82) is 0 Å². The quantitative estimate of drug-likeness (QED) is 0.891. The molecule has 0 spiro atoms. The molecular formula is C14H21ClN2O2. The number of carbonyl (C=O) groups excluding carboxylic acids is 1. The van der Waals surface area contributed by atoms with Crippen LogP contribution in [0.4, 0.5) is 0 Å². The number of halogens is 1. The Balaban J connectivity index is 0.00000180. The molecule has 0 aromatic heterocycles. The molecule has 0 atom stereocenters. The van der Waals surface area contributed by atoms with E-state index < -0.39 is 0 Å². The van der Waals surface area contributed by atoms with Gasteiger partial charge < -0.3 is 15.4 Å². The van der Waals surface area contributed by atoms with Crippen molar-refractivity contribution in [2.45, 2.75) is 25.8 Å². The van der Waals surface area contributed by atoms with Crippen LogP contribution in [-0.2, 0) is 0 Å². The molecule has 19 heavy (non-hydrogen) atoms. The van der Waals surface area contributed by atoms with E-state index in [-0.39, 0.29) is 24.4 Å². The SMILES string of the molecule is COc1cc(C(=O)NC2CCNCC2)ccc1C.Cl. The van der Waals surface area contributed by atoms with E-state index in [4.69, 9.17) is 4.74 Å². The van der Waals surface area contributed by atoms with Crippen molar-refractivity contribution in [3.63, 3.8) is 0 Å². The molecule has 1 aromatic rings. The van der Waals surface area contributed by atoms with Crippen molar-refractivity contribution >= 4 is 18.3 Å². The molecule has 2 N–H and O–H groups in total. The molecule has 1 amide bonds. The lowest BCUT2D eigenvalue weighted by Gasteiger charge is -2.23. The predicted octanol–water partition coefficient (Wildman–Crippen LogP) is 1.91. The van der Waals surface area contributed by atoms with Crippen LogP contribution in [0.2, 0.25) is 0 Å². The zero-order valence-corrected chi connectivity index (χ0v) is 12.2. The Morgan fingerprint density at radius 3 is 2.68 bits per heavy atom. The number of hydrogen-bond donors (Lipinski definition) is 2. The summed E-state index contributed by atoms with van der Waals surface area (Å²) in [6, 6.07) is 5.84. The van der Waals surface area contributed by atoms with E-state index in [0.717, 1.165) is 37.2 Å². The molecule has 2 rings (SSSR count). The van der Waals surface area contributed by atoms with Gasteiger partial charge >= 0.3 is 0 Å². The Morgan fingerprint density at radius 1 is 1.37 bits per heavy atom. The lowest BCUT2D eigenvalue weighted by molar-refractivity contribution is 0.0929.